The van der Waals surface area contributed by atoms with Crippen molar-refractivity contribution in [1.82, 2.24) is 15.0 Å². The van der Waals surface area contributed by atoms with Crippen LogP contribution in [0.5, 0.6) is 0 Å². The van der Waals surface area contributed by atoms with Gasteiger partial charge in [0.2, 0.25) is 0 Å². The van der Waals surface area contributed by atoms with Gasteiger partial charge in [0.15, 0.2) is 5.82 Å². The highest BCUT2D eigenvalue weighted by atomic mass is 19.1. The van der Waals surface area contributed by atoms with Gasteiger partial charge in [0, 0.05) is 31.5 Å². The smallest absolute Gasteiger partial charge is 0.274 e. The molecule has 3 heterocycles. The predicted octanol–water partition coefficient (Wildman–Crippen LogP) is 3.00. The Morgan fingerprint density at radius 3 is 2.73 bits per heavy atom. The summed E-state index contributed by atoms with van der Waals surface area (Å²) in [5.41, 5.74) is 7.00. The predicted molar refractivity (Wildman–Crippen MR) is 109 cm³/mol. The topological polar surface area (TPSA) is 97.0 Å². The van der Waals surface area contributed by atoms with Crippen molar-refractivity contribution in [2.45, 2.75) is 18.9 Å². The molecule has 4 rings (SSSR count). The van der Waals surface area contributed by atoms with Crippen LogP contribution in [-0.2, 0) is 0 Å². The van der Waals surface area contributed by atoms with Gasteiger partial charge in [-0.15, -0.1) is 0 Å². The number of nitrogens with zero attached hydrogens (tertiary/aromatic N) is 4. The molecule has 30 heavy (non-hydrogen) atoms. The Bertz CT molecular complexity index is 1060. The number of hydrogen-bond donors (Lipinski definition) is 2. The van der Waals surface area contributed by atoms with Gasteiger partial charge in [0.1, 0.15) is 17.3 Å². The Balaban J connectivity index is 1.60. The number of carbonyl (C=O) groups excluding carboxylic acids is 1. The van der Waals surface area contributed by atoms with E-state index in [2.05, 4.69) is 25.2 Å². The fraction of sp³-hybridized carbons (Fsp3) is 0.238. The van der Waals surface area contributed by atoms with E-state index in [-0.39, 0.29) is 23.1 Å². The number of anilines is 2. The number of carbonyl (C=O) groups is 1. The highest BCUT2D eigenvalue weighted by Gasteiger charge is 2.21. The van der Waals surface area contributed by atoms with Gasteiger partial charge in [-0.3, -0.25) is 9.78 Å². The number of hydrogen-bond acceptors (Lipinski definition) is 6. The number of piperidine rings is 1. The van der Waals surface area contributed by atoms with Gasteiger partial charge in [-0.2, -0.15) is 0 Å². The lowest BCUT2D eigenvalue weighted by Crippen LogP contribution is -2.43. The number of benzene rings is 1. The third-order valence-corrected chi connectivity index (χ3v) is 4.92. The molecule has 3 N–H and O–H groups in total. The van der Waals surface area contributed by atoms with E-state index >= 15 is 0 Å². The maximum atomic E-state index is 14.1. The largest absolute Gasteiger partial charge is 0.368 e. The van der Waals surface area contributed by atoms with Crippen LogP contribution in [0.1, 0.15) is 23.3 Å². The summed E-state index contributed by atoms with van der Waals surface area (Å²) < 4.78 is 28.1. The average Bonchev–Trinajstić information content (AvgIpc) is 2.74. The normalized spacial score (nSPS) is 16.4. The number of pyridine rings is 1. The van der Waals surface area contributed by atoms with Crippen LogP contribution < -0.4 is 16.0 Å². The SMILES string of the molecule is N[C@H]1CCCN(c2ccncc2NC(=O)c2ccnc(-c3c(F)cccc3F)n2)C1. The summed E-state index contributed by atoms with van der Waals surface area (Å²) in [6.45, 7) is 1.50. The average molecular weight is 410 g/mol. The third kappa shape index (κ3) is 4.11. The summed E-state index contributed by atoms with van der Waals surface area (Å²) >= 11 is 0. The number of halogens is 2. The maximum absolute atomic E-state index is 14.1. The molecule has 0 radical (unpaired) electrons. The molecule has 1 saturated heterocycles. The molecule has 1 fully saturated rings. The van der Waals surface area contributed by atoms with Gasteiger partial charge in [0.05, 0.1) is 23.1 Å². The van der Waals surface area contributed by atoms with Crippen LogP contribution in [-0.4, -0.2) is 40.0 Å². The second-order valence-corrected chi connectivity index (χ2v) is 7.06. The summed E-state index contributed by atoms with van der Waals surface area (Å²) in [5, 5.41) is 2.79. The quantitative estimate of drug-likeness (QED) is 0.686. The molecule has 1 aliphatic heterocycles. The third-order valence-electron chi connectivity index (χ3n) is 4.92. The van der Waals surface area contributed by atoms with Crippen molar-refractivity contribution in [1.29, 1.82) is 0 Å². The lowest BCUT2D eigenvalue weighted by atomic mass is 10.1. The van der Waals surface area contributed by atoms with E-state index in [0.717, 1.165) is 37.2 Å². The van der Waals surface area contributed by atoms with Crippen LogP contribution in [0.15, 0.2) is 48.9 Å². The Morgan fingerprint density at radius 2 is 1.97 bits per heavy atom. The van der Waals surface area contributed by atoms with E-state index in [0.29, 0.717) is 12.2 Å². The summed E-state index contributed by atoms with van der Waals surface area (Å²) in [4.78, 5) is 27.0. The molecule has 1 aliphatic rings. The molecule has 0 spiro atoms. The van der Waals surface area contributed by atoms with E-state index < -0.39 is 17.5 Å². The van der Waals surface area contributed by atoms with Crippen molar-refractivity contribution in [2.24, 2.45) is 5.73 Å². The van der Waals surface area contributed by atoms with E-state index in [1.165, 1.54) is 18.3 Å². The van der Waals surface area contributed by atoms with Gasteiger partial charge >= 0.3 is 0 Å². The molecule has 1 aromatic carbocycles. The highest BCUT2D eigenvalue weighted by Crippen LogP contribution is 2.28. The molecule has 154 valence electrons. The van der Waals surface area contributed by atoms with Crippen LogP contribution in [0.2, 0.25) is 0 Å². The first-order valence-corrected chi connectivity index (χ1v) is 9.56. The van der Waals surface area contributed by atoms with Crippen LogP contribution in [0.4, 0.5) is 20.2 Å². The molecule has 0 unspecified atom stereocenters. The first-order chi connectivity index (χ1) is 14.5. The molecule has 0 bridgehead atoms. The minimum atomic E-state index is -0.802. The highest BCUT2D eigenvalue weighted by molar-refractivity contribution is 6.04. The molecular formula is C21H20F2N6O. The van der Waals surface area contributed by atoms with Crippen molar-refractivity contribution in [2.75, 3.05) is 23.3 Å². The Morgan fingerprint density at radius 1 is 1.17 bits per heavy atom. The van der Waals surface area contributed by atoms with Crippen molar-refractivity contribution in [3.05, 3.63) is 66.3 Å². The second kappa shape index (κ2) is 8.50. The van der Waals surface area contributed by atoms with Crippen molar-refractivity contribution >= 4 is 17.3 Å². The minimum Gasteiger partial charge on any atom is -0.368 e. The summed E-state index contributed by atoms with van der Waals surface area (Å²) in [6.07, 6.45) is 6.40. The van der Waals surface area contributed by atoms with E-state index in [9.17, 15) is 13.6 Å². The fourth-order valence-electron chi connectivity index (χ4n) is 3.49. The van der Waals surface area contributed by atoms with Gasteiger partial charge in [0.25, 0.3) is 5.91 Å². The summed E-state index contributed by atoms with van der Waals surface area (Å²) in [5.74, 6) is -2.34. The summed E-state index contributed by atoms with van der Waals surface area (Å²) in [7, 11) is 0. The molecule has 7 nitrogen and oxygen atoms in total. The Hall–Kier alpha value is -3.46. The zero-order valence-electron chi connectivity index (χ0n) is 16.1. The van der Waals surface area contributed by atoms with Crippen molar-refractivity contribution in [3.63, 3.8) is 0 Å². The first-order valence-electron chi connectivity index (χ1n) is 9.56. The monoisotopic (exact) mass is 410 g/mol. The standard InChI is InChI=1S/C21H20F2N6O/c22-14-4-1-5-15(23)19(14)20-26-9-6-16(27-20)21(30)28-17-11-25-8-7-18(17)29-10-2-3-13(24)12-29/h1,4-9,11,13H,2-3,10,12,24H2,(H,28,30)/t13-/m0/s1. The lowest BCUT2D eigenvalue weighted by Gasteiger charge is -2.33. The zero-order valence-corrected chi connectivity index (χ0v) is 16.1. The number of nitrogens with one attached hydrogen (secondary N) is 1. The molecule has 0 saturated carbocycles. The summed E-state index contributed by atoms with van der Waals surface area (Å²) in [6, 6.07) is 6.73. The van der Waals surface area contributed by atoms with Crippen LogP contribution in [0.3, 0.4) is 0 Å². The molecule has 3 aromatic rings. The Labute approximate surface area is 172 Å². The first kappa shape index (κ1) is 19.8. The molecule has 2 aromatic heterocycles. The molecule has 1 amide bonds. The number of rotatable bonds is 4. The van der Waals surface area contributed by atoms with Crippen LogP contribution in [0, 0.1) is 11.6 Å². The molecule has 9 heteroatoms. The van der Waals surface area contributed by atoms with E-state index in [4.69, 9.17) is 5.73 Å². The lowest BCUT2D eigenvalue weighted by molar-refractivity contribution is 0.102. The Kier molecular flexibility index (Phi) is 5.62. The molecular weight excluding hydrogens is 390 g/mol. The number of nitrogens with two attached hydrogens (primary N) is 1. The van der Waals surface area contributed by atoms with Gasteiger partial charge in [-0.1, -0.05) is 6.07 Å². The molecule has 0 aliphatic carbocycles. The van der Waals surface area contributed by atoms with E-state index in [1.807, 2.05) is 6.07 Å². The van der Waals surface area contributed by atoms with Crippen LogP contribution in [0.25, 0.3) is 11.4 Å². The van der Waals surface area contributed by atoms with E-state index in [1.54, 1.807) is 12.4 Å². The van der Waals surface area contributed by atoms with Crippen molar-refractivity contribution < 1.29 is 13.6 Å². The second-order valence-electron chi connectivity index (χ2n) is 7.06. The number of aromatic nitrogens is 3. The van der Waals surface area contributed by atoms with Crippen LogP contribution >= 0.6 is 0 Å². The number of amides is 1. The van der Waals surface area contributed by atoms with Gasteiger partial charge in [-0.05, 0) is 37.1 Å². The van der Waals surface area contributed by atoms with Gasteiger partial charge < -0.3 is 16.0 Å². The maximum Gasteiger partial charge on any atom is 0.274 e. The fourth-order valence-corrected chi connectivity index (χ4v) is 3.49. The van der Waals surface area contributed by atoms with Crippen molar-refractivity contribution in [3.8, 4) is 11.4 Å². The molecule has 1 atom stereocenters. The zero-order chi connectivity index (χ0) is 21.1. The van der Waals surface area contributed by atoms with Gasteiger partial charge in [-0.25, -0.2) is 18.7 Å². The minimum absolute atomic E-state index is 0.0206.